The van der Waals surface area contributed by atoms with Crippen molar-refractivity contribution in [3.63, 3.8) is 0 Å². The molecule has 144 valence electrons. The van der Waals surface area contributed by atoms with Crippen molar-refractivity contribution in [3.05, 3.63) is 54.1 Å². The van der Waals surface area contributed by atoms with Crippen molar-refractivity contribution >= 4 is 40.4 Å². The summed E-state index contributed by atoms with van der Waals surface area (Å²) < 4.78 is 5.56. The number of carbonyl (C=O) groups excluding carboxylic acids is 2. The van der Waals surface area contributed by atoms with Crippen molar-refractivity contribution in [3.8, 4) is 0 Å². The van der Waals surface area contributed by atoms with Crippen LogP contribution in [-0.4, -0.2) is 35.6 Å². The maximum absolute atomic E-state index is 12.2. The van der Waals surface area contributed by atoms with Gasteiger partial charge in [-0.15, -0.1) is 0 Å². The van der Waals surface area contributed by atoms with E-state index in [0.29, 0.717) is 10.8 Å². The van der Waals surface area contributed by atoms with Crippen LogP contribution < -0.4 is 15.8 Å². The highest BCUT2D eigenvalue weighted by molar-refractivity contribution is 7.99. The second-order valence-corrected chi connectivity index (χ2v) is 7.41. The lowest BCUT2D eigenvalue weighted by Crippen LogP contribution is -2.47. The maximum Gasteiger partial charge on any atom is 0.257 e. The Balaban J connectivity index is 1.24. The molecule has 0 saturated heterocycles. The van der Waals surface area contributed by atoms with Gasteiger partial charge in [0.15, 0.2) is 5.58 Å². The van der Waals surface area contributed by atoms with Crippen LogP contribution in [0.4, 0.5) is 5.69 Å². The first-order valence-corrected chi connectivity index (χ1v) is 10.1. The van der Waals surface area contributed by atoms with Gasteiger partial charge in [-0.05, 0) is 36.6 Å². The lowest BCUT2D eigenvalue weighted by molar-refractivity contribution is -0.126. The highest BCUT2D eigenvalue weighted by atomic mass is 32.2. The van der Waals surface area contributed by atoms with Crippen LogP contribution in [0.25, 0.3) is 11.1 Å². The zero-order valence-electron chi connectivity index (χ0n) is 15.2. The number of hydrogen-bond acceptors (Lipinski definition) is 6. The minimum atomic E-state index is -0.320. The smallest absolute Gasteiger partial charge is 0.257 e. The fraction of sp³-hybridized carbons (Fsp3) is 0.250. The van der Waals surface area contributed by atoms with E-state index in [2.05, 4.69) is 21.9 Å². The molecule has 2 amide bonds. The second kappa shape index (κ2) is 8.35. The van der Waals surface area contributed by atoms with Gasteiger partial charge < -0.3 is 9.32 Å². The summed E-state index contributed by atoms with van der Waals surface area (Å²) in [5.74, 6) is -0.476. The average molecular weight is 396 g/mol. The number of fused-ring (bicyclic) bond motifs is 2. The van der Waals surface area contributed by atoms with Crippen LogP contribution in [0.1, 0.15) is 12.0 Å². The number of para-hydroxylation sites is 3. The minimum absolute atomic E-state index is 0.0969. The molecule has 7 nitrogen and oxygen atoms in total. The Labute approximate surface area is 166 Å². The zero-order valence-corrected chi connectivity index (χ0v) is 16.0. The summed E-state index contributed by atoms with van der Waals surface area (Å²) in [5, 5.41) is 0.424. The predicted octanol–water partition coefficient (Wildman–Crippen LogP) is 2.52. The lowest BCUT2D eigenvalue weighted by atomic mass is 10.0. The number of nitrogens with zero attached hydrogens (tertiary/aromatic N) is 2. The Morgan fingerprint density at radius 3 is 2.75 bits per heavy atom. The number of rotatable bonds is 5. The summed E-state index contributed by atoms with van der Waals surface area (Å²) in [6, 6.07) is 15.5. The molecule has 1 aliphatic heterocycles. The van der Waals surface area contributed by atoms with E-state index in [1.165, 1.54) is 17.3 Å². The highest BCUT2D eigenvalue weighted by Crippen LogP contribution is 2.26. The first kappa shape index (κ1) is 18.4. The van der Waals surface area contributed by atoms with E-state index >= 15 is 0 Å². The fourth-order valence-electron chi connectivity index (χ4n) is 3.20. The topological polar surface area (TPSA) is 87.5 Å². The molecule has 0 bridgehead atoms. The van der Waals surface area contributed by atoms with E-state index in [-0.39, 0.29) is 24.1 Å². The SMILES string of the molecule is O=C(CSc1nc2ccccc2o1)NNC(=O)CN1CCCc2ccccc21. The van der Waals surface area contributed by atoms with Gasteiger partial charge in [0.25, 0.3) is 11.1 Å². The standard InChI is InChI=1S/C20H20N4O3S/c25-18(12-24-11-5-7-14-6-1-3-9-16(14)24)22-23-19(26)13-28-20-21-15-8-2-4-10-17(15)27-20/h1-4,6,8-10H,5,7,11-13H2,(H,22,25)(H,23,26). The molecule has 0 saturated carbocycles. The molecular formula is C20H20N4O3S. The zero-order chi connectivity index (χ0) is 19.3. The Bertz CT molecular complexity index is 971. The van der Waals surface area contributed by atoms with E-state index in [1.54, 1.807) is 0 Å². The second-order valence-electron chi connectivity index (χ2n) is 6.49. The molecular weight excluding hydrogens is 376 g/mol. The first-order valence-electron chi connectivity index (χ1n) is 9.08. The molecule has 3 aromatic rings. The van der Waals surface area contributed by atoms with Crippen molar-refractivity contribution in [2.24, 2.45) is 0 Å². The molecule has 4 rings (SSSR count). The number of anilines is 1. The average Bonchev–Trinajstić information content (AvgIpc) is 3.14. The van der Waals surface area contributed by atoms with Crippen LogP contribution in [0.2, 0.25) is 0 Å². The van der Waals surface area contributed by atoms with Crippen molar-refractivity contribution in [1.82, 2.24) is 15.8 Å². The van der Waals surface area contributed by atoms with Crippen molar-refractivity contribution in [1.29, 1.82) is 0 Å². The van der Waals surface area contributed by atoms with Crippen LogP contribution in [-0.2, 0) is 16.0 Å². The van der Waals surface area contributed by atoms with Gasteiger partial charge in [0.2, 0.25) is 5.91 Å². The first-order chi connectivity index (χ1) is 13.7. The van der Waals surface area contributed by atoms with Crippen LogP contribution in [0, 0.1) is 0 Å². The van der Waals surface area contributed by atoms with Gasteiger partial charge in [-0.25, -0.2) is 4.98 Å². The third-order valence-corrected chi connectivity index (χ3v) is 5.31. The minimum Gasteiger partial charge on any atom is -0.431 e. The Morgan fingerprint density at radius 2 is 1.86 bits per heavy atom. The van der Waals surface area contributed by atoms with Crippen molar-refractivity contribution in [2.45, 2.75) is 18.1 Å². The van der Waals surface area contributed by atoms with E-state index < -0.39 is 0 Å². The fourth-order valence-corrected chi connectivity index (χ4v) is 3.84. The number of aryl methyl sites for hydroxylation is 1. The molecule has 0 spiro atoms. The van der Waals surface area contributed by atoms with Crippen LogP contribution in [0.3, 0.4) is 0 Å². The van der Waals surface area contributed by atoms with Crippen molar-refractivity contribution in [2.75, 3.05) is 23.7 Å². The lowest BCUT2D eigenvalue weighted by Gasteiger charge is -2.30. The number of nitrogens with one attached hydrogen (secondary N) is 2. The van der Waals surface area contributed by atoms with Gasteiger partial charge in [-0.3, -0.25) is 20.4 Å². The molecule has 1 aliphatic rings. The van der Waals surface area contributed by atoms with E-state index in [1.807, 2.05) is 47.4 Å². The molecule has 8 heteroatoms. The molecule has 1 aromatic heterocycles. The van der Waals surface area contributed by atoms with E-state index in [4.69, 9.17) is 4.42 Å². The van der Waals surface area contributed by atoms with E-state index in [0.717, 1.165) is 30.6 Å². The van der Waals surface area contributed by atoms with Crippen LogP contribution in [0.5, 0.6) is 0 Å². The Hall–Kier alpha value is -3.00. The number of aromatic nitrogens is 1. The quantitative estimate of drug-likeness (QED) is 0.509. The summed E-state index contributed by atoms with van der Waals surface area (Å²) in [6.07, 6.45) is 2.04. The van der Waals surface area contributed by atoms with Gasteiger partial charge in [0.1, 0.15) is 5.52 Å². The Morgan fingerprint density at radius 1 is 1.07 bits per heavy atom. The van der Waals surface area contributed by atoms with Crippen molar-refractivity contribution < 1.29 is 14.0 Å². The number of hydrogen-bond donors (Lipinski definition) is 2. The van der Waals surface area contributed by atoms with Gasteiger partial charge >= 0.3 is 0 Å². The number of amides is 2. The number of hydrazine groups is 1. The monoisotopic (exact) mass is 396 g/mol. The van der Waals surface area contributed by atoms with E-state index in [9.17, 15) is 9.59 Å². The van der Waals surface area contributed by atoms with Crippen LogP contribution >= 0.6 is 11.8 Å². The predicted molar refractivity (Wildman–Crippen MR) is 108 cm³/mol. The number of thioether (sulfide) groups is 1. The van der Waals surface area contributed by atoms with Gasteiger partial charge in [-0.1, -0.05) is 42.1 Å². The summed E-state index contributed by atoms with van der Waals surface area (Å²) >= 11 is 1.18. The largest absolute Gasteiger partial charge is 0.431 e. The number of oxazole rings is 1. The molecule has 0 radical (unpaired) electrons. The summed E-state index contributed by atoms with van der Waals surface area (Å²) in [7, 11) is 0. The number of benzene rings is 2. The molecule has 2 heterocycles. The molecule has 0 atom stereocenters. The summed E-state index contributed by atoms with van der Waals surface area (Å²) in [4.78, 5) is 30.5. The maximum atomic E-state index is 12.2. The normalized spacial score (nSPS) is 13.2. The molecule has 0 unspecified atom stereocenters. The third kappa shape index (κ3) is 4.28. The van der Waals surface area contributed by atoms with Crippen LogP contribution in [0.15, 0.2) is 58.2 Å². The molecule has 28 heavy (non-hydrogen) atoms. The summed E-state index contributed by atoms with van der Waals surface area (Å²) in [5.41, 5.74) is 8.69. The van der Waals surface area contributed by atoms with Gasteiger partial charge in [0, 0.05) is 12.2 Å². The van der Waals surface area contributed by atoms with Gasteiger partial charge in [-0.2, -0.15) is 0 Å². The summed E-state index contributed by atoms with van der Waals surface area (Å²) in [6.45, 7) is 1.03. The molecule has 2 N–H and O–H groups in total. The Kier molecular flexibility index (Phi) is 5.48. The van der Waals surface area contributed by atoms with Gasteiger partial charge in [0.05, 0.1) is 12.3 Å². The third-order valence-electron chi connectivity index (χ3n) is 4.48. The molecule has 0 fully saturated rings. The highest BCUT2D eigenvalue weighted by Gasteiger charge is 2.19. The number of carbonyl (C=O) groups is 2. The molecule has 2 aromatic carbocycles. The molecule has 0 aliphatic carbocycles.